The quantitative estimate of drug-likeness (QED) is 0.796. The normalized spacial score (nSPS) is 10.4. The van der Waals surface area contributed by atoms with Crippen LogP contribution in [-0.2, 0) is 0 Å². The fraction of sp³-hybridized carbons (Fsp3) is 0.500. The van der Waals surface area contributed by atoms with Crippen molar-refractivity contribution in [2.45, 2.75) is 33.8 Å². The van der Waals surface area contributed by atoms with Gasteiger partial charge in [0.05, 0.1) is 11.8 Å². The molecule has 0 aliphatic heterocycles. The summed E-state index contributed by atoms with van der Waals surface area (Å²) in [6, 6.07) is 4.20. The van der Waals surface area contributed by atoms with Gasteiger partial charge < -0.3 is 10.1 Å². The summed E-state index contributed by atoms with van der Waals surface area (Å²) >= 11 is 0. The number of anilines is 1. The van der Waals surface area contributed by atoms with Crippen LogP contribution in [0.5, 0.6) is 5.75 Å². The molecular weight excluding hydrogens is 174 g/mol. The molecule has 0 radical (unpaired) electrons. The largest absolute Gasteiger partial charge is 0.489 e. The molecule has 0 unspecified atom stereocenters. The van der Waals surface area contributed by atoms with Gasteiger partial charge in [-0.3, -0.25) is 0 Å². The van der Waals surface area contributed by atoms with E-state index in [1.54, 1.807) is 0 Å². The van der Waals surface area contributed by atoms with Crippen molar-refractivity contribution in [2.75, 3.05) is 12.4 Å². The molecule has 0 saturated heterocycles. The highest BCUT2D eigenvalue weighted by atomic mass is 16.5. The number of benzene rings is 1. The third-order valence-corrected chi connectivity index (χ3v) is 2.17. The zero-order valence-electron chi connectivity index (χ0n) is 9.64. The highest BCUT2D eigenvalue weighted by molar-refractivity contribution is 5.64. The third-order valence-electron chi connectivity index (χ3n) is 2.17. The third kappa shape index (κ3) is 2.19. The minimum Gasteiger partial charge on any atom is -0.489 e. The van der Waals surface area contributed by atoms with Crippen LogP contribution in [0.15, 0.2) is 12.1 Å². The standard InChI is InChI=1S/C12H19NO/c1-8(2)14-12-10(4)7-6-9(3)11(12)13-5/h6-8,13H,1-5H3. The Balaban J connectivity index is 3.16. The van der Waals surface area contributed by atoms with E-state index in [0.717, 1.165) is 11.4 Å². The summed E-state index contributed by atoms with van der Waals surface area (Å²) in [5.74, 6) is 0.975. The molecule has 2 nitrogen and oxygen atoms in total. The van der Waals surface area contributed by atoms with E-state index >= 15 is 0 Å². The second kappa shape index (κ2) is 4.36. The van der Waals surface area contributed by atoms with E-state index in [0.29, 0.717) is 0 Å². The van der Waals surface area contributed by atoms with E-state index in [-0.39, 0.29) is 6.10 Å². The van der Waals surface area contributed by atoms with Crippen molar-refractivity contribution < 1.29 is 4.74 Å². The van der Waals surface area contributed by atoms with Crippen molar-refractivity contribution in [2.24, 2.45) is 0 Å². The summed E-state index contributed by atoms with van der Waals surface area (Å²) in [4.78, 5) is 0. The summed E-state index contributed by atoms with van der Waals surface area (Å²) in [6.07, 6.45) is 0.211. The van der Waals surface area contributed by atoms with Crippen molar-refractivity contribution >= 4 is 5.69 Å². The zero-order chi connectivity index (χ0) is 10.7. The van der Waals surface area contributed by atoms with Crippen molar-refractivity contribution in [1.82, 2.24) is 0 Å². The lowest BCUT2D eigenvalue weighted by Gasteiger charge is -2.18. The van der Waals surface area contributed by atoms with Gasteiger partial charge in [0.15, 0.2) is 0 Å². The van der Waals surface area contributed by atoms with Crippen LogP contribution in [0, 0.1) is 13.8 Å². The summed E-state index contributed by atoms with van der Waals surface area (Å²) in [5, 5.41) is 3.19. The second-order valence-corrected chi connectivity index (χ2v) is 3.82. The van der Waals surface area contributed by atoms with Gasteiger partial charge in [-0.25, -0.2) is 0 Å². The Morgan fingerprint density at radius 1 is 1.14 bits per heavy atom. The van der Waals surface area contributed by atoms with Crippen molar-refractivity contribution in [3.8, 4) is 5.75 Å². The Bertz CT molecular complexity index is 318. The van der Waals surface area contributed by atoms with E-state index in [2.05, 4.69) is 31.3 Å². The molecule has 0 spiro atoms. The molecule has 1 aromatic rings. The van der Waals surface area contributed by atoms with Gasteiger partial charge in [-0.2, -0.15) is 0 Å². The molecule has 0 aromatic heterocycles. The predicted molar refractivity (Wildman–Crippen MR) is 61.2 cm³/mol. The number of rotatable bonds is 3. The van der Waals surface area contributed by atoms with Crippen molar-refractivity contribution in [1.29, 1.82) is 0 Å². The first-order valence-electron chi connectivity index (χ1n) is 5.01. The molecule has 0 fully saturated rings. The van der Waals surface area contributed by atoms with Gasteiger partial charge in [0.25, 0.3) is 0 Å². The molecule has 1 aromatic carbocycles. The Labute approximate surface area is 86.3 Å². The van der Waals surface area contributed by atoms with Crippen LogP contribution in [-0.4, -0.2) is 13.2 Å². The van der Waals surface area contributed by atoms with Crippen LogP contribution in [0.3, 0.4) is 0 Å². The minimum atomic E-state index is 0.211. The van der Waals surface area contributed by atoms with Crippen LogP contribution >= 0.6 is 0 Å². The molecule has 78 valence electrons. The maximum absolute atomic E-state index is 5.79. The molecule has 0 atom stereocenters. The Hall–Kier alpha value is -1.18. The first-order chi connectivity index (χ1) is 6.56. The lowest BCUT2D eigenvalue weighted by Crippen LogP contribution is -2.09. The summed E-state index contributed by atoms with van der Waals surface area (Å²) in [5.41, 5.74) is 3.49. The molecule has 0 aliphatic carbocycles. The van der Waals surface area contributed by atoms with Gasteiger partial charge in [-0.15, -0.1) is 0 Å². The number of hydrogen-bond acceptors (Lipinski definition) is 2. The molecule has 2 heteroatoms. The van der Waals surface area contributed by atoms with Crippen LogP contribution in [0.25, 0.3) is 0 Å². The molecular formula is C12H19NO. The van der Waals surface area contributed by atoms with Gasteiger partial charge >= 0.3 is 0 Å². The average Bonchev–Trinajstić information content (AvgIpc) is 2.11. The first kappa shape index (κ1) is 10.9. The Kier molecular flexibility index (Phi) is 3.39. The van der Waals surface area contributed by atoms with E-state index in [4.69, 9.17) is 4.74 Å². The molecule has 0 aliphatic rings. The predicted octanol–water partition coefficient (Wildman–Crippen LogP) is 3.13. The van der Waals surface area contributed by atoms with Crippen LogP contribution < -0.4 is 10.1 Å². The summed E-state index contributed by atoms with van der Waals surface area (Å²) < 4.78 is 5.79. The molecule has 1 rings (SSSR count). The summed E-state index contributed by atoms with van der Waals surface area (Å²) in [7, 11) is 1.93. The van der Waals surface area contributed by atoms with Crippen molar-refractivity contribution in [3.05, 3.63) is 23.3 Å². The number of nitrogens with one attached hydrogen (secondary N) is 1. The van der Waals surface area contributed by atoms with Crippen LogP contribution in [0.2, 0.25) is 0 Å². The fourth-order valence-electron chi connectivity index (χ4n) is 1.48. The number of ether oxygens (including phenoxy) is 1. The van der Waals surface area contributed by atoms with E-state index in [1.165, 1.54) is 11.1 Å². The van der Waals surface area contributed by atoms with Gasteiger partial charge in [0, 0.05) is 7.05 Å². The molecule has 0 saturated carbocycles. The molecule has 1 N–H and O–H groups in total. The maximum Gasteiger partial charge on any atom is 0.145 e. The number of aryl methyl sites for hydroxylation is 2. The van der Waals surface area contributed by atoms with Crippen molar-refractivity contribution in [3.63, 3.8) is 0 Å². The SMILES string of the molecule is CNc1c(C)ccc(C)c1OC(C)C. The molecule has 14 heavy (non-hydrogen) atoms. The Morgan fingerprint density at radius 3 is 2.21 bits per heavy atom. The lowest BCUT2D eigenvalue weighted by molar-refractivity contribution is 0.242. The van der Waals surface area contributed by atoms with Crippen LogP contribution in [0.4, 0.5) is 5.69 Å². The first-order valence-corrected chi connectivity index (χ1v) is 5.01. The highest BCUT2D eigenvalue weighted by Gasteiger charge is 2.09. The van der Waals surface area contributed by atoms with Gasteiger partial charge in [0.2, 0.25) is 0 Å². The van der Waals surface area contributed by atoms with E-state index < -0.39 is 0 Å². The van der Waals surface area contributed by atoms with Gasteiger partial charge in [-0.05, 0) is 38.8 Å². The second-order valence-electron chi connectivity index (χ2n) is 3.82. The molecule has 0 bridgehead atoms. The topological polar surface area (TPSA) is 21.3 Å². The number of hydrogen-bond donors (Lipinski definition) is 1. The monoisotopic (exact) mass is 193 g/mol. The average molecular weight is 193 g/mol. The van der Waals surface area contributed by atoms with Gasteiger partial charge in [-0.1, -0.05) is 12.1 Å². The van der Waals surface area contributed by atoms with E-state index in [1.807, 2.05) is 20.9 Å². The van der Waals surface area contributed by atoms with Crippen LogP contribution in [0.1, 0.15) is 25.0 Å². The zero-order valence-corrected chi connectivity index (χ0v) is 9.64. The fourth-order valence-corrected chi connectivity index (χ4v) is 1.48. The summed E-state index contributed by atoms with van der Waals surface area (Å²) in [6.45, 7) is 8.24. The highest BCUT2D eigenvalue weighted by Crippen LogP contribution is 2.32. The molecule has 0 amide bonds. The Morgan fingerprint density at radius 2 is 1.71 bits per heavy atom. The minimum absolute atomic E-state index is 0.211. The lowest BCUT2D eigenvalue weighted by atomic mass is 10.1. The maximum atomic E-state index is 5.79. The van der Waals surface area contributed by atoms with E-state index in [9.17, 15) is 0 Å². The smallest absolute Gasteiger partial charge is 0.145 e. The van der Waals surface area contributed by atoms with Gasteiger partial charge in [0.1, 0.15) is 5.75 Å². The molecule has 0 heterocycles.